The zero-order chi connectivity index (χ0) is 20.1. The molecule has 0 radical (unpaired) electrons. The Morgan fingerprint density at radius 3 is 2.79 bits per heavy atom. The lowest BCUT2D eigenvalue weighted by atomic mass is 10.2. The second-order valence-corrected chi connectivity index (χ2v) is 7.07. The molecule has 1 N–H and O–H groups in total. The number of carbonyl (C=O) groups is 2. The van der Waals surface area contributed by atoms with Crippen LogP contribution in [0.25, 0.3) is 10.6 Å². The van der Waals surface area contributed by atoms with Gasteiger partial charge < -0.3 is 10.1 Å². The van der Waals surface area contributed by atoms with E-state index in [2.05, 4.69) is 10.3 Å². The van der Waals surface area contributed by atoms with Gasteiger partial charge >= 0.3 is 5.97 Å². The van der Waals surface area contributed by atoms with Gasteiger partial charge in [0.25, 0.3) is 5.91 Å². The lowest BCUT2D eigenvalue weighted by Crippen LogP contribution is -2.30. The third-order valence-electron chi connectivity index (χ3n) is 3.70. The third kappa shape index (κ3) is 4.74. The minimum atomic E-state index is -1.03. The van der Waals surface area contributed by atoms with Gasteiger partial charge in [-0.1, -0.05) is 29.8 Å². The van der Waals surface area contributed by atoms with Gasteiger partial charge in [-0.3, -0.25) is 4.79 Å². The molecule has 8 heteroatoms. The maximum Gasteiger partial charge on any atom is 0.358 e. The molecule has 1 aromatic heterocycles. The molecule has 140 valence electrons. The lowest BCUT2D eigenvalue weighted by molar-refractivity contribution is -0.123. The Balaban J connectivity index is 1.64. The predicted molar refractivity (Wildman–Crippen MR) is 107 cm³/mol. The summed E-state index contributed by atoms with van der Waals surface area (Å²) in [6, 6.07) is 15.6. The van der Waals surface area contributed by atoms with Crippen molar-refractivity contribution in [1.29, 1.82) is 5.26 Å². The molecule has 28 heavy (non-hydrogen) atoms. The van der Waals surface area contributed by atoms with Gasteiger partial charge in [-0.05, 0) is 37.3 Å². The average Bonchev–Trinajstić information content (AvgIpc) is 3.18. The van der Waals surface area contributed by atoms with E-state index in [9.17, 15) is 9.59 Å². The van der Waals surface area contributed by atoms with Crippen molar-refractivity contribution in [3.63, 3.8) is 0 Å². The first-order valence-electron chi connectivity index (χ1n) is 8.20. The van der Waals surface area contributed by atoms with Crippen LogP contribution in [-0.2, 0) is 9.53 Å². The monoisotopic (exact) mass is 411 g/mol. The topological polar surface area (TPSA) is 92.1 Å². The van der Waals surface area contributed by atoms with Gasteiger partial charge in [0.2, 0.25) is 0 Å². The highest BCUT2D eigenvalue weighted by Gasteiger charge is 2.21. The number of nitrogens with zero attached hydrogens (tertiary/aromatic N) is 2. The van der Waals surface area contributed by atoms with Crippen LogP contribution in [-0.4, -0.2) is 23.0 Å². The van der Waals surface area contributed by atoms with E-state index in [1.165, 1.54) is 24.3 Å². The van der Waals surface area contributed by atoms with E-state index >= 15 is 0 Å². The number of ether oxygens (including phenoxy) is 1. The second kappa shape index (κ2) is 8.65. The van der Waals surface area contributed by atoms with Crippen LogP contribution >= 0.6 is 22.9 Å². The number of rotatable bonds is 5. The van der Waals surface area contributed by atoms with Crippen LogP contribution in [0.2, 0.25) is 5.02 Å². The number of amides is 1. The Morgan fingerprint density at radius 1 is 1.25 bits per heavy atom. The molecule has 0 aliphatic rings. The number of thiazole rings is 1. The number of aromatic nitrogens is 1. The number of anilines is 1. The van der Waals surface area contributed by atoms with Crippen LogP contribution in [0.15, 0.2) is 53.9 Å². The highest BCUT2D eigenvalue weighted by Crippen LogP contribution is 2.26. The van der Waals surface area contributed by atoms with E-state index in [-0.39, 0.29) is 5.69 Å². The Morgan fingerprint density at radius 2 is 2.04 bits per heavy atom. The zero-order valence-corrected chi connectivity index (χ0v) is 16.3. The average molecular weight is 412 g/mol. The molecule has 6 nitrogen and oxygen atoms in total. The molecule has 2 aromatic carbocycles. The summed E-state index contributed by atoms with van der Waals surface area (Å²) in [5.74, 6) is -1.20. The number of esters is 1. The number of carbonyl (C=O) groups excluding carboxylic acids is 2. The summed E-state index contributed by atoms with van der Waals surface area (Å²) in [5, 5.41) is 14.3. The highest BCUT2D eigenvalue weighted by atomic mass is 35.5. The Kier molecular flexibility index (Phi) is 6.04. The fourth-order valence-corrected chi connectivity index (χ4v) is 3.28. The Labute approximate surface area is 170 Å². The Hall–Kier alpha value is -3.21. The standard InChI is InChI=1S/C20H14ClN3O3S/c1-12(18(25)23-16-7-2-4-13(8-16)10-22)27-20(26)17-11-28-19(24-17)14-5-3-6-15(21)9-14/h2-9,11-12H,1H3,(H,23,25). The summed E-state index contributed by atoms with van der Waals surface area (Å²) < 4.78 is 5.20. The molecule has 0 aliphatic carbocycles. The lowest BCUT2D eigenvalue weighted by Gasteiger charge is -2.12. The van der Waals surface area contributed by atoms with Crippen molar-refractivity contribution in [3.05, 3.63) is 70.2 Å². The molecule has 0 spiro atoms. The fraction of sp³-hybridized carbons (Fsp3) is 0.100. The first kappa shape index (κ1) is 19.5. The largest absolute Gasteiger partial charge is 0.448 e. The third-order valence-corrected chi connectivity index (χ3v) is 4.82. The van der Waals surface area contributed by atoms with Gasteiger partial charge in [-0.15, -0.1) is 11.3 Å². The molecule has 0 saturated heterocycles. The van der Waals surface area contributed by atoms with E-state index in [0.29, 0.717) is 21.3 Å². The molecule has 3 aromatic rings. The van der Waals surface area contributed by atoms with E-state index in [1.54, 1.807) is 41.8 Å². The SMILES string of the molecule is CC(OC(=O)c1csc(-c2cccc(Cl)c2)n1)C(=O)Nc1cccc(C#N)c1. The van der Waals surface area contributed by atoms with Gasteiger partial charge in [0.15, 0.2) is 11.8 Å². The van der Waals surface area contributed by atoms with E-state index < -0.39 is 18.0 Å². The number of benzene rings is 2. The van der Waals surface area contributed by atoms with Crippen molar-refractivity contribution in [2.24, 2.45) is 0 Å². The van der Waals surface area contributed by atoms with Crippen LogP contribution < -0.4 is 5.32 Å². The Bertz CT molecular complexity index is 1070. The summed E-state index contributed by atoms with van der Waals surface area (Å²) in [6.45, 7) is 1.46. The second-order valence-electron chi connectivity index (χ2n) is 5.78. The molecule has 0 saturated carbocycles. The molecule has 0 aliphatic heterocycles. The predicted octanol–water partition coefficient (Wildman–Crippen LogP) is 4.52. The van der Waals surface area contributed by atoms with Gasteiger partial charge in [-0.2, -0.15) is 5.26 Å². The molecule has 0 fully saturated rings. The maximum absolute atomic E-state index is 12.3. The van der Waals surface area contributed by atoms with Crippen LogP contribution in [0.3, 0.4) is 0 Å². The van der Waals surface area contributed by atoms with Crippen molar-refractivity contribution in [1.82, 2.24) is 4.98 Å². The molecule has 0 bridgehead atoms. The van der Waals surface area contributed by atoms with Gasteiger partial charge in [-0.25, -0.2) is 9.78 Å². The van der Waals surface area contributed by atoms with Gasteiger partial charge in [0.05, 0.1) is 11.6 Å². The van der Waals surface area contributed by atoms with Crippen LogP contribution in [0.4, 0.5) is 5.69 Å². The number of hydrogen-bond acceptors (Lipinski definition) is 6. The number of hydrogen-bond donors (Lipinski definition) is 1. The normalized spacial score (nSPS) is 11.3. The molecular weight excluding hydrogens is 398 g/mol. The van der Waals surface area contributed by atoms with Crippen LogP contribution in [0.1, 0.15) is 23.0 Å². The quantitative estimate of drug-likeness (QED) is 0.623. The van der Waals surface area contributed by atoms with Crippen molar-refractivity contribution in [2.75, 3.05) is 5.32 Å². The summed E-state index contributed by atoms with van der Waals surface area (Å²) >= 11 is 7.26. The summed E-state index contributed by atoms with van der Waals surface area (Å²) in [6.07, 6.45) is -1.03. The molecule has 1 unspecified atom stereocenters. The van der Waals surface area contributed by atoms with Crippen molar-refractivity contribution >= 4 is 40.5 Å². The minimum Gasteiger partial charge on any atom is -0.448 e. The summed E-state index contributed by atoms with van der Waals surface area (Å²) in [5.41, 5.74) is 1.77. The number of nitrogens with one attached hydrogen (secondary N) is 1. The number of halogens is 1. The van der Waals surface area contributed by atoms with Crippen molar-refractivity contribution < 1.29 is 14.3 Å². The highest BCUT2D eigenvalue weighted by molar-refractivity contribution is 7.13. The van der Waals surface area contributed by atoms with Crippen LogP contribution in [0, 0.1) is 11.3 Å². The summed E-state index contributed by atoms with van der Waals surface area (Å²) in [4.78, 5) is 28.8. The van der Waals surface area contributed by atoms with E-state index in [0.717, 1.165) is 5.56 Å². The van der Waals surface area contributed by atoms with Crippen molar-refractivity contribution in [2.45, 2.75) is 13.0 Å². The molecular formula is C20H14ClN3O3S. The smallest absolute Gasteiger partial charge is 0.358 e. The van der Waals surface area contributed by atoms with E-state index in [4.69, 9.17) is 21.6 Å². The maximum atomic E-state index is 12.3. The zero-order valence-electron chi connectivity index (χ0n) is 14.7. The molecule has 3 rings (SSSR count). The van der Waals surface area contributed by atoms with E-state index in [1.807, 2.05) is 12.1 Å². The molecule has 1 heterocycles. The van der Waals surface area contributed by atoms with Crippen molar-refractivity contribution in [3.8, 4) is 16.6 Å². The summed E-state index contributed by atoms with van der Waals surface area (Å²) in [7, 11) is 0. The molecule has 1 amide bonds. The van der Waals surface area contributed by atoms with Gasteiger partial charge in [0.1, 0.15) is 5.01 Å². The van der Waals surface area contributed by atoms with Crippen LogP contribution in [0.5, 0.6) is 0 Å². The van der Waals surface area contributed by atoms with Gasteiger partial charge in [0, 0.05) is 21.7 Å². The molecule has 1 atom stereocenters. The first-order chi connectivity index (χ1) is 13.5. The minimum absolute atomic E-state index is 0.117. The first-order valence-corrected chi connectivity index (χ1v) is 9.45. The fourth-order valence-electron chi connectivity index (χ4n) is 2.31. The number of nitriles is 1.